The smallest absolute Gasteiger partial charge is 0.303 e. The zero-order valence-electron chi connectivity index (χ0n) is 23.3. The Balaban J connectivity index is 0.000000587. The molecule has 0 bridgehead atoms. The highest BCUT2D eigenvalue weighted by molar-refractivity contribution is 7.80. The molecule has 0 radical (unpaired) electrons. The molecule has 41 heavy (non-hydrogen) atoms. The molecule has 10 heteroatoms. The fourth-order valence-electron chi connectivity index (χ4n) is 4.13. The number of aromatic amines is 1. The molecule has 0 unspecified atom stereocenters. The first-order valence-corrected chi connectivity index (χ1v) is 14.4. The summed E-state index contributed by atoms with van der Waals surface area (Å²) in [5, 5.41) is 28.8. The number of rotatable bonds is 14. The van der Waals surface area contributed by atoms with Crippen LogP contribution >= 0.6 is 12.6 Å². The molecule has 9 nitrogen and oxygen atoms in total. The predicted molar refractivity (Wildman–Crippen MR) is 164 cm³/mol. The predicted octanol–water partition coefficient (Wildman–Crippen LogP) is 4.79. The van der Waals surface area contributed by atoms with E-state index in [0.29, 0.717) is 37.5 Å². The molecule has 3 aromatic carbocycles. The summed E-state index contributed by atoms with van der Waals surface area (Å²) in [6.07, 6.45) is 2.78. The van der Waals surface area contributed by atoms with Gasteiger partial charge in [0.15, 0.2) is 0 Å². The number of benzene rings is 3. The molecule has 4 N–H and O–H groups in total. The van der Waals surface area contributed by atoms with Crippen molar-refractivity contribution in [2.24, 2.45) is 5.92 Å². The van der Waals surface area contributed by atoms with Crippen LogP contribution in [0.5, 0.6) is 0 Å². The molecule has 1 aromatic heterocycles. The third-order valence-electron chi connectivity index (χ3n) is 6.37. The van der Waals surface area contributed by atoms with Gasteiger partial charge >= 0.3 is 5.97 Å². The van der Waals surface area contributed by atoms with Crippen molar-refractivity contribution in [3.63, 3.8) is 0 Å². The molecule has 1 amide bonds. The Hall–Kier alpha value is -4.02. The highest BCUT2D eigenvalue weighted by atomic mass is 32.1. The van der Waals surface area contributed by atoms with E-state index in [0.717, 1.165) is 41.6 Å². The lowest BCUT2D eigenvalue weighted by Crippen LogP contribution is -2.37. The van der Waals surface area contributed by atoms with Crippen molar-refractivity contribution in [2.45, 2.75) is 39.2 Å². The van der Waals surface area contributed by atoms with E-state index in [-0.39, 0.29) is 11.8 Å². The van der Waals surface area contributed by atoms with Crippen LogP contribution in [0, 0.1) is 5.92 Å². The summed E-state index contributed by atoms with van der Waals surface area (Å²) in [4.78, 5) is 22.3. The summed E-state index contributed by atoms with van der Waals surface area (Å²) >= 11 is 4.37. The lowest BCUT2D eigenvalue weighted by molar-refractivity contribution is -0.137. The fraction of sp³-hybridized carbons (Fsp3) is 0.323. The van der Waals surface area contributed by atoms with Gasteiger partial charge in [0.1, 0.15) is 0 Å². The van der Waals surface area contributed by atoms with E-state index in [4.69, 9.17) is 5.11 Å². The van der Waals surface area contributed by atoms with Gasteiger partial charge in [-0.3, -0.25) is 9.59 Å². The summed E-state index contributed by atoms with van der Waals surface area (Å²) in [6.45, 7) is 3.97. The Morgan fingerprint density at radius 3 is 2.24 bits per heavy atom. The van der Waals surface area contributed by atoms with Crippen molar-refractivity contribution in [1.82, 2.24) is 31.3 Å². The van der Waals surface area contributed by atoms with Gasteiger partial charge in [0, 0.05) is 37.4 Å². The van der Waals surface area contributed by atoms with Crippen molar-refractivity contribution >= 4 is 24.5 Å². The zero-order valence-corrected chi connectivity index (χ0v) is 24.2. The van der Waals surface area contributed by atoms with E-state index in [2.05, 4.69) is 74.2 Å². The number of tetrazole rings is 1. The van der Waals surface area contributed by atoms with E-state index in [9.17, 15) is 9.59 Å². The van der Waals surface area contributed by atoms with Crippen molar-refractivity contribution < 1.29 is 14.7 Å². The van der Waals surface area contributed by atoms with Gasteiger partial charge in [-0.1, -0.05) is 92.2 Å². The summed E-state index contributed by atoms with van der Waals surface area (Å²) in [5.41, 5.74) is 5.40. The van der Waals surface area contributed by atoms with Gasteiger partial charge in [0.05, 0.1) is 5.92 Å². The topological polar surface area (TPSA) is 133 Å². The second-order valence-electron chi connectivity index (χ2n) is 9.51. The fourth-order valence-corrected chi connectivity index (χ4v) is 4.42. The number of thiol groups is 1. The number of nitrogens with one attached hydrogen (secondary N) is 3. The van der Waals surface area contributed by atoms with Crippen LogP contribution in [-0.2, 0) is 22.6 Å². The van der Waals surface area contributed by atoms with Crippen LogP contribution in [0.2, 0.25) is 0 Å². The van der Waals surface area contributed by atoms with E-state index < -0.39 is 5.97 Å². The van der Waals surface area contributed by atoms with E-state index in [1.54, 1.807) is 0 Å². The lowest BCUT2D eigenvalue weighted by atomic mass is 9.98. The number of carbonyl (C=O) groups excluding carboxylic acids is 1. The molecular weight excluding hydrogens is 536 g/mol. The van der Waals surface area contributed by atoms with Gasteiger partial charge in [-0.15, -0.1) is 10.2 Å². The Bertz CT molecular complexity index is 1320. The van der Waals surface area contributed by atoms with Crippen LogP contribution in [-0.4, -0.2) is 56.4 Å². The molecule has 1 heterocycles. The Morgan fingerprint density at radius 1 is 0.927 bits per heavy atom. The number of aromatic nitrogens is 4. The monoisotopic (exact) mass is 574 g/mol. The second kappa shape index (κ2) is 17.6. The van der Waals surface area contributed by atoms with Gasteiger partial charge in [-0.05, 0) is 40.3 Å². The third kappa shape index (κ3) is 10.8. The maximum absolute atomic E-state index is 12.5. The standard InChI is InChI=1S/C26H28N6OS.C5H10O2/c33-26(22(18-34)16-19-6-2-1-3-7-19)28-15-14-27-17-20-10-12-21(13-11-20)23-8-4-5-9-24(23)25-29-31-32-30-25;1-2-3-4-5(6)7/h1-13,22,27,34H,14-18H2,(H,28,33)(H,29,30,31,32);2-4H2,1H3,(H,6,7)/t22-;/m0./s1. The molecule has 0 aliphatic carbocycles. The van der Waals surface area contributed by atoms with Gasteiger partial charge in [0.2, 0.25) is 11.7 Å². The van der Waals surface area contributed by atoms with E-state index in [1.807, 2.05) is 55.5 Å². The number of unbranched alkanes of at least 4 members (excludes halogenated alkanes) is 1. The van der Waals surface area contributed by atoms with Crippen LogP contribution in [0.15, 0.2) is 78.9 Å². The number of H-pyrrole nitrogens is 1. The average molecular weight is 575 g/mol. The molecule has 0 saturated heterocycles. The van der Waals surface area contributed by atoms with Crippen molar-refractivity contribution in [2.75, 3.05) is 18.8 Å². The lowest BCUT2D eigenvalue weighted by Gasteiger charge is -2.15. The largest absolute Gasteiger partial charge is 0.481 e. The summed E-state index contributed by atoms with van der Waals surface area (Å²) in [5.74, 6) is 0.323. The third-order valence-corrected chi connectivity index (χ3v) is 6.81. The molecule has 0 fully saturated rings. The number of hydrogen-bond acceptors (Lipinski definition) is 7. The number of hydrogen-bond donors (Lipinski definition) is 5. The molecule has 0 saturated carbocycles. The van der Waals surface area contributed by atoms with Crippen LogP contribution in [0.25, 0.3) is 22.5 Å². The molecule has 0 spiro atoms. The molecule has 216 valence electrons. The van der Waals surface area contributed by atoms with Gasteiger partial charge in [0.25, 0.3) is 0 Å². The minimum atomic E-state index is -0.693. The number of carboxylic acids is 1. The molecule has 0 aliphatic rings. The Labute approximate surface area is 246 Å². The highest BCUT2D eigenvalue weighted by Crippen LogP contribution is 2.29. The van der Waals surface area contributed by atoms with Gasteiger partial charge in [-0.2, -0.15) is 17.8 Å². The van der Waals surface area contributed by atoms with E-state index in [1.165, 1.54) is 5.56 Å². The number of carbonyl (C=O) groups is 2. The van der Waals surface area contributed by atoms with Crippen molar-refractivity contribution in [1.29, 1.82) is 0 Å². The maximum atomic E-state index is 12.5. The molecular formula is C31H38N6O3S. The maximum Gasteiger partial charge on any atom is 0.303 e. The Kier molecular flexibility index (Phi) is 13.5. The minimum Gasteiger partial charge on any atom is -0.481 e. The normalized spacial score (nSPS) is 11.3. The second-order valence-corrected chi connectivity index (χ2v) is 9.88. The first kappa shape index (κ1) is 31.5. The number of amides is 1. The average Bonchev–Trinajstić information content (AvgIpc) is 3.55. The molecule has 1 atom stereocenters. The van der Waals surface area contributed by atoms with E-state index >= 15 is 0 Å². The molecule has 4 rings (SSSR count). The first-order valence-electron chi connectivity index (χ1n) is 13.8. The summed E-state index contributed by atoms with van der Waals surface area (Å²) < 4.78 is 0. The van der Waals surface area contributed by atoms with Crippen LogP contribution < -0.4 is 10.6 Å². The molecule has 4 aromatic rings. The number of nitrogens with zero attached hydrogens (tertiary/aromatic N) is 3. The van der Waals surface area contributed by atoms with Crippen molar-refractivity contribution in [3.8, 4) is 22.5 Å². The van der Waals surface area contributed by atoms with Gasteiger partial charge in [-0.25, -0.2) is 0 Å². The minimum absolute atomic E-state index is 0.0465. The quantitative estimate of drug-likeness (QED) is 0.108. The first-order chi connectivity index (χ1) is 20.0. The van der Waals surface area contributed by atoms with Crippen LogP contribution in [0.3, 0.4) is 0 Å². The van der Waals surface area contributed by atoms with Gasteiger partial charge < -0.3 is 15.7 Å². The number of carboxylic acid groups (broad SMARTS) is 1. The molecule has 0 aliphatic heterocycles. The van der Waals surface area contributed by atoms with Crippen LogP contribution in [0.1, 0.15) is 37.3 Å². The SMILES string of the molecule is CCCCC(=O)O.O=C(NCCNCc1ccc(-c2ccccc2-c2nn[nH]n2)cc1)[C@H](CS)Cc1ccccc1. The highest BCUT2D eigenvalue weighted by Gasteiger charge is 2.16. The van der Waals surface area contributed by atoms with Crippen LogP contribution in [0.4, 0.5) is 0 Å². The summed E-state index contributed by atoms with van der Waals surface area (Å²) in [7, 11) is 0. The van der Waals surface area contributed by atoms with Crippen molar-refractivity contribution in [3.05, 3.63) is 90.0 Å². The Morgan fingerprint density at radius 2 is 1.63 bits per heavy atom. The zero-order chi connectivity index (χ0) is 29.3. The summed E-state index contributed by atoms with van der Waals surface area (Å²) in [6, 6.07) is 26.5. The number of aliphatic carboxylic acids is 1.